The van der Waals surface area contributed by atoms with E-state index in [0.29, 0.717) is 23.6 Å². The number of fused-ring (bicyclic) bond motifs is 1. The molecule has 1 saturated heterocycles. The summed E-state index contributed by atoms with van der Waals surface area (Å²) >= 11 is 0. The Labute approximate surface area is 165 Å². The molecule has 1 aromatic heterocycles. The first kappa shape index (κ1) is 20.5. The van der Waals surface area contributed by atoms with Crippen LogP contribution in [0.4, 0.5) is 0 Å². The van der Waals surface area contributed by atoms with Crippen molar-refractivity contribution in [1.82, 2.24) is 10.3 Å². The fraction of sp³-hybridized carbons (Fsp3) is 0.368. The van der Waals surface area contributed by atoms with E-state index in [4.69, 9.17) is 9.47 Å². The molecule has 0 atom stereocenters. The topological polar surface area (TPSA) is 60.5 Å². The molecule has 1 fully saturated rings. The molecule has 7 heteroatoms. The van der Waals surface area contributed by atoms with Crippen LogP contribution in [0.3, 0.4) is 0 Å². The number of ketones is 1. The minimum absolute atomic E-state index is 0. The van der Waals surface area contributed by atoms with Crippen LogP contribution in [-0.4, -0.2) is 36.6 Å². The van der Waals surface area contributed by atoms with Crippen LogP contribution in [0.2, 0.25) is 0 Å². The smallest absolute Gasteiger partial charge is 0.212 e. The molecule has 26 heavy (non-hydrogen) atoms. The van der Waals surface area contributed by atoms with Crippen LogP contribution in [0.1, 0.15) is 29.6 Å². The van der Waals surface area contributed by atoms with E-state index in [1.54, 1.807) is 13.3 Å². The maximum absolute atomic E-state index is 12.7. The number of nitrogens with zero attached hydrogens (tertiary/aromatic N) is 1. The predicted molar refractivity (Wildman–Crippen MR) is 105 cm³/mol. The lowest BCUT2D eigenvalue weighted by molar-refractivity contribution is 0.0188. The lowest BCUT2D eigenvalue weighted by Crippen LogP contribution is -2.49. The normalized spacial score (nSPS) is 17.3. The van der Waals surface area contributed by atoms with Gasteiger partial charge in [-0.15, -0.1) is 24.8 Å². The van der Waals surface area contributed by atoms with Gasteiger partial charge in [0.1, 0.15) is 11.4 Å². The van der Waals surface area contributed by atoms with Crippen LogP contribution in [-0.2, 0) is 0 Å². The van der Waals surface area contributed by atoms with Crippen molar-refractivity contribution < 1.29 is 14.3 Å². The van der Waals surface area contributed by atoms with Crippen molar-refractivity contribution in [2.75, 3.05) is 20.2 Å². The van der Waals surface area contributed by atoms with Gasteiger partial charge in [0, 0.05) is 30.7 Å². The summed E-state index contributed by atoms with van der Waals surface area (Å²) in [7, 11) is 1.59. The predicted octanol–water partition coefficient (Wildman–Crippen LogP) is 3.69. The molecule has 0 radical (unpaired) electrons. The maximum Gasteiger partial charge on any atom is 0.212 e. The first-order valence-corrected chi connectivity index (χ1v) is 8.27. The van der Waals surface area contributed by atoms with Gasteiger partial charge >= 0.3 is 0 Å². The number of hydrogen-bond acceptors (Lipinski definition) is 5. The minimum atomic E-state index is -0.321. The maximum atomic E-state index is 12.7. The molecule has 2 aliphatic rings. The number of Topliss-reactive ketones (excluding diaryl/α,β-unsaturated/α-hetero) is 1. The quantitative estimate of drug-likeness (QED) is 0.838. The molecule has 2 aromatic rings. The summed E-state index contributed by atoms with van der Waals surface area (Å²) in [5.74, 6) is 1.45. The fourth-order valence-corrected chi connectivity index (χ4v) is 3.51. The highest BCUT2D eigenvalue weighted by Crippen LogP contribution is 2.39. The molecule has 3 heterocycles. The molecule has 1 N–H and O–H groups in total. The van der Waals surface area contributed by atoms with E-state index in [0.717, 1.165) is 37.1 Å². The number of benzene rings is 1. The van der Waals surface area contributed by atoms with Gasteiger partial charge in [0.25, 0.3) is 0 Å². The summed E-state index contributed by atoms with van der Waals surface area (Å²) in [6.45, 7) is 1.80. The van der Waals surface area contributed by atoms with Crippen molar-refractivity contribution in [3.05, 3.63) is 42.1 Å². The molecule has 0 unspecified atom stereocenters. The van der Waals surface area contributed by atoms with E-state index >= 15 is 0 Å². The van der Waals surface area contributed by atoms with Crippen LogP contribution in [0.25, 0.3) is 11.1 Å². The molecule has 0 saturated carbocycles. The SMILES string of the molecule is COc1ccc(-c2ccc3c(c2)C(=O)CC2(CCNCC2)O3)cn1.Cl.Cl. The van der Waals surface area contributed by atoms with E-state index in [1.165, 1.54) is 0 Å². The van der Waals surface area contributed by atoms with Crippen molar-refractivity contribution >= 4 is 30.6 Å². The summed E-state index contributed by atoms with van der Waals surface area (Å²) in [6, 6.07) is 9.56. The summed E-state index contributed by atoms with van der Waals surface area (Å²) in [5, 5.41) is 3.33. The molecule has 5 nitrogen and oxygen atoms in total. The number of ether oxygens (including phenoxy) is 2. The standard InChI is InChI=1S/C19H20N2O3.2ClH/c1-23-18-5-3-14(12-21-18)13-2-4-17-15(10-13)16(22)11-19(24-17)6-8-20-9-7-19;;/h2-5,10,12,20H,6-9,11H2,1H3;2*1H. The highest BCUT2D eigenvalue weighted by Gasteiger charge is 2.41. The second-order valence-corrected chi connectivity index (χ2v) is 6.44. The summed E-state index contributed by atoms with van der Waals surface area (Å²) < 4.78 is 11.3. The zero-order chi connectivity index (χ0) is 16.6. The first-order chi connectivity index (χ1) is 11.7. The summed E-state index contributed by atoms with van der Waals surface area (Å²) in [5.41, 5.74) is 2.27. The van der Waals surface area contributed by atoms with Gasteiger partial charge in [-0.2, -0.15) is 0 Å². The van der Waals surface area contributed by atoms with Gasteiger partial charge in [-0.25, -0.2) is 4.98 Å². The number of aromatic nitrogens is 1. The average molecular weight is 397 g/mol. The second kappa shape index (κ2) is 8.25. The monoisotopic (exact) mass is 396 g/mol. The van der Waals surface area contributed by atoms with Crippen molar-refractivity contribution in [3.8, 4) is 22.8 Å². The Balaban J connectivity index is 0.00000121. The van der Waals surface area contributed by atoms with Crippen molar-refractivity contribution in [1.29, 1.82) is 0 Å². The third-order valence-corrected chi connectivity index (χ3v) is 4.88. The van der Waals surface area contributed by atoms with E-state index < -0.39 is 0 Å². The molecule has 1 spiro atoms. The number of carbonyl (C=O) groups excluding carboxylic acids is 1. The molecule has 0 aliphatic carbocycles. The van der Waals surface area contributed by atoms with Crippen molar-refractivity contribution in [3.63, 3.8) is 0 Å². The van der Waals surface area contributed by atoms with Gasteiger partial charge in [0.2, 0.25) is 5.88 Å². The molecule has 4 rings (SSSR count). The number of rotatable bonds is 2. The molecule has 140 valence electrons. The first-order valence-electron chi connectivity index (χ1n) is 8.27. The van der Waals surface area contributed by atoms with Gasteiger partial charge in [-0.1, -0.05) is 6.07 Å². The Morgan fingerprint density at radius 3 is 2.50 bits per heavy atom. The largest absolute Gasteiger partial charge is 0.486 e. The number of nitrogens with one attached hydrogen (secondary N) is 1. The van der Waals surface area contributed by atoms with Crippen LogP contribution in [0.5, 0.6) is 11.6 Å². The third-order valence-electron chi connectivity index (χ3n) is 4.88. The lowest BCUT2D eigenvalue weighted by Gasteiger charge is -2.41. The zero-order valence-corrected chi connectivity index (χ0v) is 16.1. The fourth-order valence-electron chi connectivity index (χ4n) is 3.51. The molecule has 0 amide bonds. The molecule has 0 bridgehead atoms. The minimum Gasteiger partial charge on any atom is -0.486 e. The highest BCUT2D eigenvalue weighted by atomic mass is 35.5. The van der Waals surface area contributed by atoms with Crippen LogP contribution in [0.15, 0.2) is 36.5 Å². The molecule has 1 aromatic carbocycles. The molecular formula is C19H22Cl2N2O3. The summed E-state index contributed by atoms with van der Waals surface area (Å²) in [6.07, 6.45) is 3.97. The second-order valence-electron chi connectivity index (χ2n) is 6.44. The van der Waals surface area contributed by atoms with Gasteiger partial charge in [-0.3, -0.25) is 4.79 Å². The van der Waals surface area contributed by atoms with Crippen LogP contribution < -0.4 is 14.8 Å². The Morgan fingerprint density at radius 2 is 1.85 bits per heavy atom. The Kier molecular flexibility index (Phi) is 6.50. The van der Waals surface area contributed by atoms with Crippen LogP contribution >= 0.6 is 24.8 Å². The third kappa shape index (κ3) is 3.80. The number of carbonyl (C=O) groups is 1. The van der Waals surface area contributed by atoms with E-state index in [2.05, 4.69) is 10.3 Å². The number of methoxy groups -OCH3 is 1. The Morgan fingerprint density at radius 1 is 1.12 bits per heavy atom. The Bertz CT molecular complexity index is 775. The van der Waals surface area contributed by atoms with Gasteiger partial charge in [0.15, 0.2) is 5.78 Å². The number of piperidine rings is 1. The Hall–Kier alpha value is -1.82. The van der Waals surface area contributed by atoms with E-state index in [1.807, 2.05) is 30.3 Å². The highest BCUT2D eigenvalue weighted by molar-refractivity contribution is 6.01. The van der Waals surface area contributed by atoms with Crippen molar-refractivity contribution in [2.24, 2.45) is 0 Å². The van der Waals surface area contributed by atoms with Gasteiger partial charge in [-0.05, 0) is 36.9 Å². The molecular weight excluding hydrogens is 375 g/mol. The van der Waals surface area contributed by atoms with Crippen LogP contribution in [0, 0.1) is 0 Å². The number of hydrogen-bond donors (Lipinski definition) is 1. The number of halogens is 2. The zero-order valence-electron chi connectivity index (χ0n) is 14.5. The van der Waals surface area contributed by atoms with Gasteiger partial charge in [0.05, 0.1) is 19.1 Å². The van der Waals surface area contributed by atoms with Gasteiger partial charge < -0.3 is 14.8 Å². The lowest BCUT2D eigenvalue weighted by atomic mass is 9.82. The van der Waals surface area contributed by atoms with Crippen molar-refractivity contribution in [2.45, 2.75) is 24.9 Å². The average Bonchev–Trinajstić information content (AvgIpc) is 2.62. The van der Waals surface area contributed by atoms with E-state index in [-0.39, 0.29) is 36.2 Å². The summed E-state index contributed by atoms with van der Waals surface area (Å²) in [4.78, 5) is 16.9. The van der Waals surface area contributed by atoms with E-state index in [9.17, 15) is 4.79 Å². The number of pyridine rings is 1. The molecule has 2 aliphatic heterocycles.